The summed E-state index contributed by atoms with van der Waals surface area (Å²) in [6.45, 7) is 4.76. The molecule has 0 aromatic heterocycles. The third-order valence-electron chi connectivity index (χ3n) is 3.92. The minimum absolute atomic E-state index is 0.173. The quantitative estimate of drug-likeness (QED) is 0.522. The van der Waals surface area contributed by atoms with Gasteiger partial charge in [0.25, 0.3) is 0 Å². The second kappa shape index (κ2) is 6.20. The van der Waals surface area contributed by atoms with Crippen molar-refractivity contribution in [1.29, 1.82) is 0 Å². The van der Waals surface area contributed by atoms with Crippen LogP contribution in [0.25, 0.3) is 0 Å². The van der Waals surface area contributed by atoms with Crippen molar-refractivity contribution < 1.29 is 4.79 Å². The molecule has 2 bridgehead atoms. The van der Waals surface area contributed by atoms with Crippen molar-refractivity contribution in [3.8, 4) is 0 Å². The number of allylic oxidation sites excluding steroid dienone is 2. The molecule has 17 heavy (non-hydrogen) atoms. The summed E-state index contributed by atoms with van der Waals surface area (Å²) < 4.78 is 0. The summed E-state index contributed by atoms with van der Waals surface area (Å²) in [5.74, 6) is 2.64. The van der Waals surface area contributed by atoms with Crippen molar-refractivity contribution in [3.05, 3.63) is 12.2 Å². The molecule has 0 aromatic carbocycles. The molecule has 2 aliphatic carbocycles. The number of nitrogens with one attached hydrogen (secondary N) is 2. The van der Waals surface area contributed by atoms with Crippen molar-refractivity contribution in [2.75, 3.05) is 19.6 Å². The number of rotatable bonds is 7. The Kier molecular flexibility index (Phi) is 4.60. The molecule has 3 atom stereocenters. The van der Waals surface area contributed by atoms with Crippen LogP contribution in [0.5, 0.6) is 0 Å². The van der Waals surface area contributed by atoms with Gasteiger partial charge in [-0.3, -0.25) is 4.79 Å². The summed E-state index contributed by atoms with van der Waals surface area (Å²) in [7, 11) is 0. The first-order valence-corrected chi connectivity index (χ1v) is 6.95. The molecule has 0 spiro atoms. The van der Waals surface area contributed by atoms with Crippen molar-refractivity contribution in [2.24, 2.45) is 17.8 Å². The van der Waals surface area contributed by atoms with Crippen LogP contribution in [0.1, 0.15) is 32.6 Å². The van der Waals surface area contributed by atoms with E-state index in [1.165, 1.54) is 12.8 Å². The third-order valence-corrected chi connectivity index (χ3v) is 3.92. The van der Waals surface area contributed by atoms with Crippen LogP contribution in [-0.2, 0) is 4.79 Å². The van der Waals surface area contributed by atoms with Crippen molar-refractivity contribution in [1.82, 2.24) is 10.6 Å². The summed E-state index contributed by atoms with van der Waals surface area (Å²) in [6, 6.07) is 0. The third kappa shape index (κ3) is 3.56. The maximum absolute atomic E-state index is 11.4. The standard InChI is InChI=1S/C14H24N2O/c1-2-6-16-14(17)5-7-15-10-13-9-11-3-4-12(13)8-11/h3-4,11-13,15H,2,5-10H2,1H3,(H,16,17). The van der Waals surface area contributed by atoms with Gasteiger partial charge in [-0.2, -0.15) is 0 Å². The minimum Gasteiger partial charge on any atom is -0.356 e. The normalized spacial score (nSPS) is 29.8. The first kappa shape index (κ1) is 12.6. The Balaban J connectivity index is 1.52. The predicted molar refractivity (Wildman–Crippen MR) is 69.6 cm³/mol. The number of carbonyl (C=O) groups excluding carboxylic acids is 1. The number of hydrogen-bond donors (Lipinski definition) is 2. The Morgan fingerprint density at radius 3 is 2.82 bits per heavy atom. The van der Waals surface area contributed by atoms with E-state index in [0.717, 1.165) is 43.8 Å². The molecule has 1 fully saturated rings. The second-order valence-corrected chi connectivity index (χ2v) is 5.34. The molecule has 2 rings (SSSR count). The number of fused-ring (bicyclic) bond motifs is 2. The van der Waals surface area contributed by atoms with Crippen LogP contribution in [-0.4, -0.2) is 25.5 Å². The molecular weight excluding hydrogens is 212 g/mol. The van der Waals surface area contributed by atoms with Gasteiger partial charge < -0.3 is 10.6 Å². The average molecular weight is 236 g/mol. The van der Waals surface area contributed by atoms with E-state index in [9.17, 15) is 4.79 Å². The van der Waals surface area contributed by atoms with E-state index in [-0.39, 0.29) is 5.91 Å². The highest BCUT2D eigenvalue weighted by molar-refractivity contribution is 5.75. The topological polar surface area (TPSA) is 41.1 Å². The lowest BCUT2D eigenvalue weighted by atomic mass is 9.94. The van der Waals surface area contributed by atoms with Crippen LogP contribution in [0, 0.1) is 17.8 Å². The Morgan fingerprint density at radius 2 is 2.18 bits per heavy atom. The monoisotopic (exact) mass is 236 g/mol. The lowest BCUT2D eigenvalue weighted by Gasteiger charge is -2.18. The molecule has 1 amide bonds. The first-order chi connectivity index (χ1) is 8.29. The zero-order chi connectivity index (χ0) is 12.1. The molecule has 3 heteroatoms. The van der Waals surface area contributed by atoms with Gasteiger partial charge in [0.15, 0.2) is 0 Å². The van der Waals surface area contributed by atoms with Gasteiger partial charge in [-0.25, -0.2) is 0 Å². The number of hydrogen-bond acceptors (Lipinski definition) is 2. The predicted octanol–water partition coefficient (Wildman–Crippen LogP) is 1.70. The molecule has 0 radical (unpaired) electrons. The summed E-state index contributed by atoms with van der Waals surface area (Å²) in [5, 5.41) is 6.32. The molecule has 2 aliphatic rings. The van der Waals surface area contributed by atoms with E-state index >= 15 is 0 Å². The van der Waals surface area contributed by atoms with E-state index in [2.05, 4.69) is 29.7 Å². The molecule has 0 aromatic rings. The van der Waals surface area contributed by atoms with E-state index < -0.39 is 0 Å². The fourth-order valence-corrected chi connectivity index (χ4v) is 2.97. The summed E-state index contributed by atoms with van der Waals surface area (Å²) in [5.41, 5.74) is 0. The Labute approximate surface area is 104 Å². The molecule has 96 valence electrons. The molecule has 0 aliphatic heterocycles. The smallest absolute Gasteiger partial charge is 0.221 e. The Morgan fingerprint density at radius 1 is 1.29 bits per heavy atom. The van der Waals surface area contributed by atoms with Gasteiger partial charge in [0, 0.05) is 19.5 Å². The van der Waals surface area contributed by atoms with E-state index in [0.29, 0.717) is 6.42 Å². The van der Waals surface area contributed by atoms with Gasteiger partial charge in [-0.1, -0.05) is 19.1 Å². The van der Waals surface area contributed by atoms with Gasteiger partial charge in [0.2, 0.25) is 5.91 Å². The average Bonchev–Trinajstić information content (AvgIpc) is 2.94. The van der Waals surface area contributed by atoms with Gasteiger partial charge in [0.05, 0.1) is 0 Å². The fourth-order valence-electron chi connectivity index (χ4n) is 2.97. The maximum Gasteiger partial charge on any atom is 0.221 e. The van der Waals surface area contributed by atoms with Gasteiger partial charge >= 0.3 is 0 Å². The van der Waals surface area contributed by atoms with Gasteiger partial charge in [0.1, 0.15) is 0 Å². The van der Waals surface area contributed by atoms with Crippen LogP contribution in [0.15, 0.2) is 12.2 Å². The van der Waals surface area contributed by atoms with Crippen molar-refractivity contribution >= 4 is 5.91 Å². The Bertz CT molecular complexity index is 288. The summed E-state index contributed by atoms with van der Waals surface area (Å²) in [4.78, 5) is 11.4. The Hall–Kier alpha value is -0.830. The maximum atomic E-state index is 11.4. The SMILES string of the molecule is CCCNC(=O)CCNCC1CC2C=CC1C2. The van der Waals surface area contributed by atoms with Crippen LogP contribution in [0.3, 0.4) is 0 Å². The molecule has 2 N–H and O–H groups in total. The van der Waals surface area contributed by atoms with E-state index in [4.69, 9.17) is 0 Å². The fraction of sp³-hybridized carbons (Fsp3) is 0.786. The zero-order valence-corrected chi connectivity index (χ0v) is 10.7. The minimum atomic E-state index is 0.173. The molecular formula is C14H24N2O. The number of amides is 1. The zero-order valence-electron chi connectivity index (χ0n) is 10.7. The molecule has 0 saturated heterocycles. The lowest BCUT2D eigenvalue weighted by molar-refractivity contribution is -0.120. The second-order valence-electron chi connectivity index (χ2n) is 5.34. The molecule has 1 saturated carbocycles. The van der Waals surface area contributed by atoms with Crippen LogP contribution in [0.4, 0.5) is 0 Å². The first-order valence-electron chi connectivity index (χ1n) is 6.95. The highest BCUT2D eigenvalue weighted by Crippen LogP contribution is 2.42. The number of carbonyl (C=O) groups is 1. The van der Waals surface area contributed by atoms with Gasteiger partial charge in [-0.05, 0) is 43.6 Å². The van der Waals surface area contributed by atoms with Gasteiger partial charge in [-0.15, -0.1) is 0 Å². The lowest BCUT2D eigenvalue weighted by Crippen LogP contribution is -2.31. The molecule has 0 heterocycles. The highest BCUT2D eigenvalue weighted by atomic mass is 16.1. The summed E-state index contributed by atoms with van der Waals surface area (Å²) in [6.07, 6.45) is 9.08. The molecule has 3 nitrogen and oxygen atoms in total. The van der Waals surface area contributed by atoms with Crippen LogP contribution in [0.2, 0.25) is 0 Å². The van der Waals surface area contributed by atoms with Crippen LogP contribution >= 0.6 is 0 Å². The van der Waals surface area contributed by atoms with Crippen molar-refractivity contribution in [2.45, 2.75) is 32.6 Å². The summed E-state index contributed by atoms with van der Waals surface area (Å²) >= 11 is 0. The van der Waals surface area contributed by atoms with E-state index in [1.807, 2.05) is 0 Å². The van der Waals surface area contributed by atoms with E-state index in [1.54, 1.807) is 0 Å². The van der Waals surface area contributed by atoms with Crippen LogP contribution < -0.4 is 10.6 Å². The largest absolute Gasteiger partial charge is 0.356 e. The van der Waals surface area contributed by atoms with Crippen molar-refractivity contribution in [3.63, 3.8) is 0 Å². The highest BCUT2D eigenvalue weighted by Gasteiger charge is 2.34. The molecule has 3 unspecified atom stereocenters.